The van der Waals surface area contributed by atoms with Gasteiger partial charge in [-0.25, -0.2) is 0 Å². The molecule has 0 nitrogen and oxygen atoms in total. The minimum Gasteiger partial charge on any atom is -0.0914 e. The van der Waals surface area contributed by atoms with E-state index in [0.717, 1.165) is 16.9 Å². The summed E-state index contributed by atoms with van der Waals surface area (Å²) < 4.78 is 0. The van der Waals surface area contributed by atoms with Crippen molar-refractivity contribution in [1.82, 2.24) is 0 Å². The largest absolute Gasteiger partial charge is 0.0914 e. The van der Waals surface area contributed by atoms with Crippen LogP contribution in [0.5, 0.6) is 0 Å². The first kappa shape index (κ1) is 15.4. The zero-order valence-electron chi connectivity index (χ0n) is 13.1. The monoisotopic (exact) mass is 310 g/mol. The fraction of sp³-hybridized carbons (Fsp3) is 0.333. The lowest BCUT2D eigenvalue weighted by Crippen LogP contribution is -2.11. The van der Waals surface area contributed by atoms with Gasteiger partial charge >= 0.3 is 0 Å². The molecule has 1 aliphatic carbocycles. The number of benzene rings is 2. The van der Waals surface area contributed by atoms with E-state index in [-0.39, 0.29) is 0 Å². The zero-order chi connectivity index (χ0) is 15.4. The Hall–Kier alpha value is -1.53. The van der Waals surface area contributed by atoms with Crippen LogP contribution in [0.3, 0.4) is 0 Å². The second-order valence-electron chi connectivity index (χ2n) is 6.27. The lowest BCUT2D eigenvalue weighted by atomic mass is 9.78. The summed E-state index contributed by atoms with van der Waals surface area (Å²) in [6.07, 6.45) is 9.86. The molecule has 0 spiro atoms. The first-order valence-electron chi connectivity index (χ1n) is 8.25. The molecule has 114 valence electrons. The highest BCUT2D eigenvalue weighted by Crippen LogP contribution is 2.36. The zero-order valence-corrected chi connectivity index (χ0v) is 13.9. The first-order chi connectivity index (χ1) is 10.8. The Kier molecular flexibility index (Phi) is 5.00. The van der Waals surface area contributed by atoms with E-state index in [1.165, 1.54) is 42.4 Å². The van der Waals surface area contributed by atoms with Gasteiger partial charge < -0.3 is 0 Å². The Balaban J connectivity index is 1.68. The molecule has 0 heterocycles. The number of rotatable bonds is 3. The third kappa shape index (κ3) is 3.62. The highest BCUT2D eigenvalue weighted by molar-refractivity contribution is 6.30. The van der Waals surface area contributed by atoms with Crippen molar-refractivity contribution in [2.45, 2.75) is 38.5 Å². The topological polar surface area (TPSA) is 0 Å². The van der Waals surface area contributed by atoms with Crippen LogP contribution in [0.1, 0.15) is 44.1 Å². The predicted octanol–water partition coefficient (Wildman–Crippen LogP) is 6.86. The molecule has 0 N–H and O–H groups in total. The van der Waals surface area contributed by atoms with Gasteiger partial charge in [0.1, 0.15) is 0 Å². The van der Waals surface area contributed by atoms with Crippen LogP contribution >= 0.6 is 11.6 Å². The van der Waals surface area contributed by atoms with Crippen LogP contribution in [0.15, 0.2) is 60.7 Å². The molecule has 22 heavy (non-hydrogen) atoms. The molecular formula is C21H23Cl. The molecule has 0 atom stereocenters. The second-order valence-corrected chi connectivity index (χ2v) is 6.70. The molecule has 2 aromatic carbocycles. The van der Waals surface area contributed by atoms with Gasteiger partial charge in [0.25, 0.3) is 0 Å². The van der Waals surface area contributed by atoms with E-state index in [4.69, 9.17) is 11.6 Å². The van der Waals surface area contributed by atoms with Crippen LogP contribution in [-0.2, 0) is 0 Å². The lowest BCUT2D eigenvalue weighted by Gasteiger charge is -2.27. The van der Waals surface area contributed by atoms with Gasteiger partial charge in [-0.05, 0) is 73.3 Å². The molecule has 1 fully saturated rings. The molecule has 1 aliphatic rings. The molecule has 0 aromatic heterocycles. The van der Waals surface area contributed by atoms with Crippen molar-refractivity contribution >= 4 is 11.6 Å². The summed E-state index contributed by atoms with van der Waals surface area (Å²) in [6.45, 7) is 2.13. The second kappa shape index (κ2) is 7.15. The third-order valence-corrected chi connectivity index (χ3v) is 5.05. The van der Waals surface area contributed by atoms with E-state index >= 15 is 0 Å². The third-order valence-electron chi connectivity index (χ3n) is 4.80. The summed E-state index contributed by atoms with van der Waals surface area (Å²) in [4.78, 5) is 0. The van der Waals surface area contributed by atoms with Crippen molar-refractivity contribution in [3.8, 4) is 11.1 Å². The molecule has 0 saturated heterocycles. The van der Waals surface area contributed by atoms with Crippen LogP contribution in [0, 0.1) is 5.92 Å². The Labute approximate surface area is 138 Å². The van der Waals surface area contributed by atoms with Gasteiger partial charge in [-0.15, -0.1) is 0 Å². The molecule has 0 unspecified atom stereocenters. The van der Waals surface area contributed by atoms with Crippen molar-refractivity contribution < 1.29 is 0 Å². The van der Waals surface area contributed by atoms with E-state index in [9.17, 15) is 0 Å². The van der Waals surface area contributed by atoms with E-state index in [2.05, 4.69) is 55.5 Å². The Bertz CT molecular complexity index is 614. The maximum absolute atomic E-state index is 5.96. The van der Waals surface area contributed by atoms with Crippen molar-refractivity contribution in [3.63, 3.8) is 0 Å². The summed E-state index contributed by atoms with van der Waals surface area (Å²) in [5, 5.41) is 0.790. The summed E-state index contributed by atoms with van der Waals surface area (Å²) in [6, 6.07) is 17.2. The van der Waals surface area contributed by atoms with Gasteiger partial charge in [0.05, 0.1) is 0 Å². The molecule has 0 bridgehead atoms. The maximum atomic E-state index is 5.96. The standard InChI is InChI=1S/C21H23Cl/c1-2-3-16-4-6-17(7-5-16)18-8-10-19(11-9-18)20-12-14-21(22)15-13-20/h2-3,8-17H,4-7H2,1H3/b3-2+/t16-,17-. The fourth-order valence-electron chi connectivity index (χ4n) is 3.51. The van der Waals surface area contributed by atoms with Crippen molar-refractivity contribution in [1.29, 1.82) is 0 Å². The van der Waals surface area contributed by atoms with Crippen LogP contribution in [0.4, 0.5) is 0 Å². The van der Waals surface area contributed by atoms with Crippen molar-refractivity contribution in [2.75, 3.05) is 0 Å². The van der Waals surface area contributed by atoms with E-state index in [1.807, 2.05) is 12.1 Å². The molecule has 1 saturated carbocycles. The Morgan fingerprint density at radius 2 is 1.36 bits per heavy atom. The summed E-state index contributed by atoms with van der Waals surface area (Å²) in [7, 11) is 0. The normalized spacial score (nSPS) is 22.1. The molecule has 0 radical (unpaired) electrons. The Morgan fingerprint density at radius 3 is 1.91 bits per heavy atom. The molecular weight excluding hydrogens is 288 g/mol. The van der Waals surface area contributed by atoms with E-state index in [1.54, 1.807) is 0 Å². The average molecular weight is 311 g/mol. The van der Waals surface area contributed by atoms with Crippen molar-refractivity contribution in [3.05, 3.63) is 71.3 Å². The lowest BCUT2D eigenvalue weighted by molar-refractivity contribution is 0.376. The molecule has 0 aliphatic heterocycles. The maximum Gasteiger partial charge on any atom is 0.0406 e. The minimum absolute atomic E-state index is 0.737. The van der Waals surface area contributed by atoms with Crippen LogP contribution in [-0.4, -0.2) is 0 Å². The van der Waals surface area contributed by atoms with Crippen LogP contribution < -0.4 is 0 Å². The quantitative estimate of drug-likeness (QED) is 0.543. The number of halogens is 1. The molecule has 0 amide bonds. The van der Waals surface area contributed by atoms with Gasteiger partial charge in [-0.2, -0.15) is 0 Å². The minimum atomic E-state index is 0.737. The van der Waals surface area contributed by atoms with Gasteiger partial charge in [0.15, 0.2) is 0 Å². The number of allylic oxidation sites excluding steroid dienone is 2. The van der Waals surface area contributed by atoms with Crippen molar-refractivity contribution in [2.24, 2.45) is 5.92 Å². The van der Waals surface area contributed by atoms with Gasteiger partial charge in [0, 0.05) is 5.02 Å². The van der Waals surface area contributed by atoms with Gasteiger partial charge in [0.2, 0.25) is 0 Å². The van der Waals surface area contributed by atoms with Gasteiger partial charge in [-0.3, -0.25) is 0 Å². The summed E-state index contributed by atoms with van der Waals surface area (Å²) in [5.74, 6) is 1.54. The van der Waals surface area contributed by atoms with Crippen LogP contribution in [0.25, 0.3) is 11.1 Å². The molecule has 1 heteroatoms. The van der Waals surface area contributed by atoms with Crippen LogP contribution in [0.2, 0.25) is 5.02 Å². The molecule has 3 rings (SSSR count). The SMILES string of the molecule is C/C=C/[C@H]1CC[C@H](c2ccc(-c3ccc(Cl)cc3)cc2)CC1. The summed E-state index contributed by atoms with van der Waals surface area (Å²) in [5.41, 5.74) is 3.99. The number of hydrogen-bond donors (Lipinski definition) is 0. The first-order valence-corrected chi connectivity index (χ1v) is 8.63. The van der Waals surface area contributed by atoms with Gasteiger partial charge in [-0.1, -0.05) is 60.2 Å². The van der Waals surface area contributed by atoms with E-state index in [0.29, 0.717) is 0 Å². The van der Waals surface area contributed by atoms with E-state index < -0.39 is 0 Å². The Morgan fingerprint density at radius 1 is 0.818 bits per heavy atom. The number of hydrogen-bond acceptors (Lipinski definition) is 0. The predicted molar refractivity (Wildman–Crippen MR) is 96.4 cm³/mol. The summed E-state index contributed by atoms with van der Waals surface area (Å²) >= 11 is 5.96. The highest BCUT2D eigenvalue weighted by atomic mass is 35.5. The molecule has 2 aromatic rings. The smallest absolute Gasteiger partial charge is 0.0406 e. The fourth-order valence-corrected chi connectivity index (χ4v) is 3.63. The highest BCUT2D eigenvalue weighted by Gasteiger charge is 2.20. The average Bonchev–Trinajstić information content (AvgIpc) is 2.57.